The average Bonchev–Trinajstić information content (AvgIpc) is 2.77. The van der Waals surface area contributed by atoms with Gasteiger partial charge in [0.25, 0.3) is 0 Å². The van der Waals surface area contributed by atoms with Crippen LogP contribution in [-0.2, 0) is 26.0 Å². The minimum atomic E-state index is -5.17. The van der Waals surface area contributed by atoms with Crippen molar-refractivity contribution in [3.63, 3.8) is 0 Å². The Balaban J connectivity index is 2.37. The fourth-order valence-corrected chi connectivity index (χ4v) is 3.39. The van der Waals surface area contributed by atoms with Crippen molar-refractivity contribution in [3.05, 3.63) is 28.8 Å². The third kappa shape index (κ3) is 4.24. The topological polar surface area (TPSA) is 86.7 Å². The van der Waals surface area contributed by atoms with Gasteiger partial charge in [-0.3, -0.25) is 19.3 Å². The molecule has 2 rings (SSSR count). The predicted octanol–water partition coefficient (Wildman–Crippen LogP) is 3.22. The van der Waals surface area contributed by atoms with E-state index in [-0.39, 0.29) is 12.5 Å². The lowest BCUT2D eigenvalue weighted by Gasteiger charge is -2.23. The summed E-state index contributed by atoms with van der Waals surface area (Å²) in [6.45, 7) is 4.64. The Morgan fingerprint density at radius 1 is 1.23 bits per heavy atom. The molecule has 30 heavy (non-hydrogen) atoms. The molecule has 1 aromatic rings. The molecule has 0 radical (unpaired) electrons. The largest absolute Gasteiger partial charge is 0.481 e. The van der Waals surface area contributed by atoms with E-state index in [0.717, 1.165) is 13.8 Å². The molecule has 6 nitrogen and oxygen atoms in total. The van der Waals surface area contributed by atoms with Crippen molar-refractivity contribution in [2.75, 3.05) is 11.4 Å². The van der Waals surface area contributed by atoms with E-state index in [0.29, 0.717) is 4.90 Å². The standard InChI is InChI=1S/C19H21F5N2O4/c1-8(5-13(28)29)9(2)25-12(27)7-26-16-11(20)6-10(19(22,23)24)15(21)14(16)18(3,4)17(26)30/h6,8-9H,5,7H2,1-4H3,(H,25,27)(H,28,29)/t8?,9-/m0/s1. The van der Waals surface area contributed by atoms with Crippen LogP contribution >= 0.6 is 0 Å². The zero-order valence-electron chi connectivity index (χ0n) is 16.7. The first kappa shape index (κ1) is 23.6. The molecule has 1 aromatic carbocycles. The average molecular weight is 436 g/mol. The molecule has 11 heteroatoms. The number of carboxylic acid groups (broad SMARTS) is 1. The van der Waals surface area contributed by atoms with Gasteiger partial charge in [0.05, 0.1) is 16.7 Å². The van der Waals surface area contributed by atoms with Crippen LogP contribution in [0.15, 0.2) is 6.07 Å². The van der Waals surface area contributed by atoms with Crippen molar-refractivity contribution in [3.8, 4) is 0 Å². The minimum absolute atomic E-state index is 0.0364. The van der Waals surface area contributed by atoms with Gasteiger partial charge in [-0.1, -0.05) is 6.92 Å². The molecule has 0 bridgehead atoms. The second-order valence-corrected chi connectivity index (χ2v) is 7.89. The Kier molecular flexibility index (Phi) is 6.16. The molecule has 1 heterocycles. The van der Waals surface area contributed by atoms with Crippen molar-refractivity contribution >= 4 is 23.5 Å². The van der Waals surface area contributed by atoms with Crippen LogP contribution in [0.25, 0.3) is 0 Å². The Hall–Kier alpha value is -2.72. The van der Waals surface area contributed by atoms with Crippen LogP contribution < -0.4 is 10.2 Å². The number of carbonyl (C=O) groups excluding carboxylic acids is 2. The third-order valence-corrected chi connectivity index (χ3v) is 5.21. The summed E-state index contributed by atoms with van der Waals surface area (Å²) in [7, 11) is 0. The molecule has 1 aliphatic rings. The molecule has 2 amide bonds. The van der Waals surface area contributed by atoms with E-state index in [1.165, 1.54) is 6.92 Å². The van der Waals surface area contributed by atoms with Gasteiger partial charge in [-0.05, 0) is 32.8 Å². The predicted molar refractivity (Wildman–Crippen MR) is 95.8 cm³/mol. The molecule has 1 aliphatic heterocycles. The smallest absolute Gasteiger partial charge is 0.419 e. The van der Waals surface area contributed by atoms with Gasteiger partial charge in [0.1, 0.15) is 18.2 Å². The summed E-state index contributed by atoms with van der Waals surface area (Å²) in [6.07, 6.45) is -5.40. The molecule has 2 atom stereocenters. The highest BCUT2D eigenvalue weighted by molar-refractivity contribution is 6.10. The molecular formula is C19H21F5N2O4. The van der Waals surface area contributed by atoms with E-state index in [4.69, 9.17) is 5.11 Å². The van der Waals surface area contributed by atoms with Crippen LogP contribution in [0.1, 0.15) is 45.2 Å². The molecule has 0 fully saturated rings. The van der Waals surface area contributed by atoms with Gasteiger partial charge < -0.3 is 10.4 Å². The Morgan fingerprint density at radius 3 is 2.30 bits per heavy atom. The van der Waals surface area contributed by atoms with Gasteiger partial charge in [-0.25, -0.2) is 8.78 Å². The molecule has 0 saturated carbocycles. The van der Waals surface area contributed by atoms with Crippen molar-refractivity contribution < 1.29 is 41.4 Å². The molecule has 0 aliphatic carbocycles. The van der Waals surface area contributed by atoms with Crippen LogP contribution in [0, 0.1) is 17.6 Å². The number of carbonyl (C=O) groups is 3. The SMILES string of the molecule is CC(CC(=O)O)[C@H](C)NC(=O)CN1C(=O)C(C)(C)c2c(F)c(C(F)(F)F)cc(F)c21. The maximum Gasteiger partial charge on any atom is 0.419 e. The summed E-state index contributed by atoms with van der Waals surface area (Å²) in [5, 5.41) is 11.3. The fraction of sp³-hybridized carbons (Fsp3) is 0.526. The number of amides is 2. The Morgan fingerprint density at radius 2 is 1.80 bits per heavy atom. The number of hydrogen-bond acceptors (Lipinski definition) is 3. The highest BCUT2D eigenvalue weighted by atomic mass is 19.4. The first-order valence-corrected chi connectivity index (χ1v) is 9.01. The number of aliphatic carboxylic acids is 1. The van der Waals surface area contributed by atoms with Gasteiger partial charge in [0, 0.05) is 18.0 Å². The molecular weight excluding hydrogens is 415 g/mol. The lowest BCUT2D eigenvalue weighted by Crippen LogP contribution is -2.46. The summed E-state index contributed by atoms with van der Waals surface area (Å²) in [5.74, 6) is -6.51. The fourth-order valence-electron chi connectivity index (χ4n) is 3.39. The van der Waals surface area contributed by atoms with Gasteiger partial charge in [-0.2, -0.15) is 13.2 Å². The van der Waals surface area contributed by atoms with E-state index in [1.54, 1.807) is 6.92 Å². The van der Waals surface area contributed by atoms with Gasteiger partial charge in [0.2, 0.25) is 11.8 Å². The van der Waals surface area contributed by atoms with Crippen LogP contribution in [-0.4, -0.2) is 35.5 Å². The first-order chi connectivity index (χ1) is 13.6. The summed E-state index contributed by atoms with van der Waals surface area (Å²) >= 11 is 0. The van der Waals surface area contributed by atoms with Gasteiger partial charge >= 0.3 is 12.1 Å². The quantitative estimate of drug-likeness (QED) is 0.671. The van der Waals surface area contributed by atoms with E-state index < -0.39 is 76.3 Å². The third-order valence-electron chi connectivity index (χ3n) is 5.21. The van der Waals surface area contributed by atoms with Gasteiger partial charge in [0.15, 0.2) is 0 Å². The number of alkyl halides is 3. The molecule has 166 valence electrons. The minimum Gasteiger partial charge on any atom is -0.481 e. The zero-order chi connectivity index (χ0) is 23.2. The number of nitrogens with zero attached hydrogens (tertiary/aromatic N) is 1. The number of halogens is 5. The lowest BCUT2D eigenvalue weighted by molar-refractivity contribution is -0.140. The summed E-state index contributed by atoms with van der Waals surface area (Å²) in [4.78, 5) is 36.4. The van der Waals surface area contributed by atoms with Crippen molar-refractivity contribution in [1.82, 2.24) is 5.32 Å². The number of carboxylic acids is 1. The van der Waals surface area contributed by atoms with E-state index >= 15 is 0 Å². The number of rotatable bonds is 6. The molecule has 1 unspecified atom stereocenters. The molecule has 2 N–H and O–H groups in total. The number of anilines is 1. The number of benzene rings is 1. The summed E-state index contributed by atoms with van der Waals surface area (Å²) < 4.78 is 68.4. The lowest BCUT2D eigenvalue weighted by atomic mass is 9.84. The van der Waals surface area contributed by atoms with E-state index in [1.807, 2.05) is 0 Å². The summed E-state index contributed by atoms with van der Waals surface area (Å²) in [6, 6.07) is -0.654. The Bertz CT molecular complexity index is 898. The monoisotopic (exact) mass is 436 g/mol. The second-order valence-electron chi connectivity index (χ2n) is 7.89. The molecule has 0 spiro atoms. The number of hydrogen-bond donors (Lipinski definition) is 2. The highest BCUT2D eigenvalue weighted by Gasteiger charge is 2.51. The zero-order valence-corrected chi connectivity index (χ0v) is 16.7. The van der Waals surface area contributed by atoms with Crippen molar-refractivity contribution in [2.45, 2.75) is 51.7 Å². The van der Waals surface area contributed by atoms with Crippen molar-refractivity contribution in [1.29, 1.82) is 0 Å². The highest BCUT2D eigenvalue weighted by Crippen LogP contribution is 2.47. The first-order valence-electron chi connectivity index (χ1n) is 9.01. The van der Waals surface area contributed by atoms with Crippen LogP contribution in [0.2, 0.25) is 0 Å². The maximum absolute atomic E-state index is 14.6. The van der Waals surface area contributed by atoms with E-state index in [2.05, 4.69) is 5.32 Å². The van der Waals surface area contributed by atoms with Crippen LogP contribution in [0.4, 0.5) is 27.6 Å². The normalized spacial score (nSPS) is 17.5. The number of nitrogens with one attached hydrogen (secondary N) is 1. The molecule has 0 saturated heterocycles. The summed E-state index contributed by atoms with van der Waals surface area (Å²) in [5.41, 5.74) is -5.14. The van der Waals surface area contributed by atoms with E-state index in [9.17, 15) is 36.3 Å². The Labute approximate surface area is 169 Å². The second kappa shape index (κ2) is 7.84. The molecule has 0 aromatic heterocycles. The van der Waals surface area contributed by atoms with Crippen LogP contribution in [0.3, 0.4) is 0 Å². The van der Waals surface area contributed by atoms with Gasteiger partial charge in [-0.15, -0.1) is 0 Å². The number of fused-ring (bicyclic) bond motifs is 1. The van der Waals surface area contributed by atoms with Crippen molar-refractivity contribution in [2.24, 2.45) is 5.92 Å². The van der Waals surface area contributed by atoms with Crippen LogP contribution in [0.5, 0.6) is 0 Å². The maximum atomic E-state index is 14.6.